The molecular weight excluding hydrogens is 220 g/mol. The van der Waals surface area contributed by atoms with Crippen molar-refractivity contribution in [3.8, 4) is 0 Å². The quantitative estimate of drug-likeness (QED) is 0.831. The van der Waals surface area contributed by atoms with Crippen molar-refractivity contribution in [2.24, 2.45) is 5.92 Å². The molecule has 94 valence electrons. The van der Waals surface area contributed by atoms with E-state index >= 15 is 0 Å². The summed E-state index contributed by atoms with van der Waals surface area (Å²) in [5.41, 5.74) is 0.688. The summed E-state index contributed by atoms with van der Waals surface area (Å²) in [4.78, 5) is 11.7. The van der Waals surface area contributed by atoms with Gasteiger partial charge in [0, 0.05) is 18.5 Å². The van der Waals surface area contributed by atoms with Crippen LogP contribution in [0.1, 0.15) is 41.9 Å². The Morgan fingerprint density at radius 2 is 2.35 bits per heavy atom. The van der Waals surface area contributed by atoms with Crippen LogP contribution < -0.4 is 5.32 Å². The fraction of sp³-hybridized carbons (Fsp3) is 0.667. The molecule has 1 aliphatic carbocycles. The highest BCUT2D eigenvalue weighted by Crippen LogP contribution is 2.23. The first-order valence-corrected chi connectivity index (χ1v) is 6.06. The zero-order chi connectivity index (χ0) is 12.3. The summed E-state index contributed by atoms with van der Waals surface area (Å²) < 4.78 is 4.87. The molecule has 1 heterocycles. The van der Waals surface area contributed by atoms with Crippen LogP contribution in [0.2, 0.25) is 0 Å². The number of amides is 1. The molecule has 1 aromatic heterocycles. The van der Waals surface area contributed by atoms with Crippen LogP contribution in [0.5, 0.6) is 0 Å². The molecule has 1 saturated carbocycles. The van der Waals surface area contributed by atoms with Crippen molar-refractivity contribution < 1.29 is 14.4 Å². The van der Waals surface area contributed by atoms with Gasteiger partial charge in [0.25, 0.3) is 5.91 Å². The molecule has 0 bridgehead atoms. The van der Waals surface area contributed by atoms with Crippen LogP contribution in [-0.2, 0) is 0 Å². The Bertz CT molecular complexity index is 389. The van der Waals surface area contributed by atoms with Crippen molar-refractivity contribution in [2.45, 2.75) is 38.7 Å². The molecule has 2 unspecified atom stereocenters. The summed E-state index contributed by atoms with van der Waals surface area (Å²) in [5, 5.41) is 16.2. The van der Waals surface area contributed by atoms with E-state index in [4.69, 9.17) is 4.52 Å². The van der Waals surface area contributed by atoms with Crippen LogP contribution in [0, 0.1) is 12.8 Å². The van der Waals surface area contributed by atoms with E-state index in [1.165, 1.54) is 0 Å². The molecule has 0 aliphatic heterocycles. The number of carbonyl (C=O) groups excluding carboxylic acids is 1. The average Bonchev–Trinajstić information content (AvgIpc) is 2.74. The van der Waals surface area contributed by atoms with E-state index in [9.17, 15) is 9.90 Å². The molecule has 0 saturated heterocycles. The molecule has 2 N–H and O–H groups in total. The van der Waals surface area contributed by atoms with E-state index < -0.39 is 0 Å². The second-order valence-corrected chi connectivity index (χ2v) is 4.65. The molecule has 2 rings (SSSR count). The number of nitrogens with zero attached hydrogens (tertiary/aromatic N) is 1. The molecular formula is C12H18N2O3. The zero-order valence-corrected chi connectivity index (χ0v) is 9.98. The number of rotatable bonds is 3. The van der Waals surface area contributed by atoms with E-state index in [1.54, 1.807) is 13.0 Å². The van der Waals surface area contributed by atoms with Gasteiger partial charge in [-0.15, -0.1) is 0 Å². The van der Waals surface area contributed by atoms with Gasteiger partial charge in [0.05, 0.1) is 11.8 Å². The van der Waals surface area contributed by atoms with Gasteiger partial charge in [-0.25, -0.2) is 0 Å². The first-order chi connectivity index (χ1) is 8.16. The number of aliphatic hydroxyl groups is 1. The van der Waals surface area contributed by atoms with Crippen molar-refractivity contribution in [1.29, 1.82) is 0 Å². The SMILES string of the molecule is Cc1cc(C(=O)NCC2CCCCC2O)on1. The van der Waals surface area contributed by atoms with Gasteiger partial charge in [-0.3, -0.25) is 4.79 Å². The molecule has 2 atom stereocenters. The predicted octanol–water partition coefficient (Wildman–Crippen LogP) is 1.26. The minimum Gasteiger partial charge on any atom is -0.393 e. The van der Waals surface area contributed by atoms with Gasteiger partial charge in [-0.05, 0) is 19.8 Å². The van der Waals surface area contributed by atoms with Crippen molar-refractivity contribution in [3.63, 3.8) is 0 Å². The maximum atomic E-state index is 11.7. The van der Waals surface area contributed by atoms with Crippen LogP contribution >= 0.6 is 0 Å². The van der Waals surface area contributed by atoms with Crippen LogP contribution in [-0.4, -0.2) is 28.8 Å². The van der Waals surface area contributed by atoms with Gasteiger partial charge < -0.3 is 14.9 Å². The van der Waals surface area contributed by atoms with Gasteiger partial charge in [0.1, 0.15) is 0 Å². The number of hydrogen-bond acceptors (Lipinski definition) is 4. The van der Waals surface area contributed by atoms with E-state index in [2.05, 4.69) is 10.5 Å². The molecule has 1 aliphatic rings. The number of aromatic nitrogens is 1. The lowest BCUT2D eigenvalue weighted by Gasteiger charge is -2.27. The third-order valence-electron chi connectivity index (χ3n) is 3.25. The summed E-state index contributed by atoms with van der Waals surface area (Å²) in [6, 6.07) is 1.60. The lowest BCUT2D eigenvalue weighted by molar-refractivity contribution is 0.0653. The fourth-order valence-electron chi connectivity index (χ4n) is 2.21. The second kappa shape index (κ2) is 5.31. The highest BCUT2D eigenvalue weighted by Gasteiger charge is 2.23. The average molecular weight is 238 g/mol. The lowest BCUT2D eigenvalue weighted by Crippen LogP contribution is -2.36. The number of aryl methyl sites for hydroxylation is 1. The smallest absolute Gasteiger partial charge is 0.289 e. The van der Waals surface area contributed by atoms with Crippen molar-refractivity contribution >= 4 is 5.91 Å². The van der Waals surface area contributed by atoms with Gasteiger partial charge in [0.15, 0.2) is 0 Å². The third kappa shape index (κ3) is 3.06. The Kier molecular flexibility index (Phi) is 3.78. The number of carbonyl (C=O) groups is 1. The molecule has 0 spiro atoms. The molecule has 5 nitrogen and oxygen atoms in total. The first-order valence-electron chi connectivity index (χ1n) is 6.06. The molecule has 0 aromatic carbocycles. The third-order valence-corrected chi connectivity index (χ3v) is 3.25. The standard InChI is InChI=1S/C12H18N2O3/c1-8-6-11(17-14-8)12(16)13-7-9-4-2-3-5-10(9)15/h6,9-10,15H,2-5,7H2,1H3,(H,13,16). The molecule has 17 heavy (non-hydrogen) atoms. The summed E-state index contributed by atoms with van der Waals surface area (Å²) in [6.07, 6.45) is 3.71. The van der Waals surface area contributed by atoms with E-state index in [0.29, 0.717) is 12.2 Å². The molecule has 0 radical (unpaired) electrons. The van der Waals surface area contributed by atoms with Gasteiger partial charge >= 0.3 is 0 Å². The molecule has 5 heteroatoms. The zero-order valence-electron chi connectivity index (χ0n) is 9.98. The topological polar surface area (TPSA) is 75.4 Å². The lowest BCUT2D eigenvalue weighted by atomic mass is 9.86. The molecule has 1 aromatic rings. The maximum Gasteiger partial charge on any atom is 0.289 e. The van der Waals surface area contributed by atoms with Crippen LogP contribution in [0.15, 0.2) is 10.6 Å². The highest BCUT2D eigenvalue weighted by molar-refractivity contribution is 5.91. The monoisotopic (exact) mass is 238 g/mol. The maximum absolute atomic E-state index is 11.7. The van der Waals surface area contributed by atoms with Crippen molar-refractivity contribution in [2.75, 3.05) is 6.54 Å². The summed E-state index contributed by atoms with van der Waals surface area (Å²) in [6.45, 7) is 2.27. The van der Waals surface area contributed by atoms with Gasteiger partial charge in [0.2, 0.25) is 5.76 Å². The van der Waals surface area contributed by atoms with E-state index in [1.807, 2.05) is 0 Å². The highest BCUT2D eigenvalue weighted by atomic mass is 16.5. The summed E-state index contributed by atoms with van der Waals surface area (Å²) in [5.74, 6) is 0.132. The normalized spacial score (nSPS) is 24.6. The van der Waals surface area contributed by atoms with E-state index in [-0.39, 0.29) is 23.7 Å². The minimum atomic E-state index is -0.291. The van der Waals surface area contributed by atoms with Gasteiger partial charge in [-0.2, -0.15) is 0 Å². The Morgan fingerprint density at radius 3 is 3.00 bits per heavy atom. The van der Waals surface area contributed by atoms with Crippen LogP contribution in [0.4, 0.5) is 0 Å². The Hall–Kier alpha value is -1.36. The molecule has 1 amide bonds. The number of hydrogen-bond donors (Lipinski definition) is 2. The fourth-order valence-corrected chi connectivity index (χ4v) is 2.21. The largest absolute Gasteiger partial charge is 0.393 e. The predicted molar refractivity (Wildman–Crippen MR) is 61.5 cm³/mol. The minimum absolute atomic E-state index is 0.164. The van der Waals surface area contributed by atoms with E-state index in [0.717, 1.165) is 25.7 Å². The second-order valence-electron chi connectivity index (χ2n) is 4.65. The van der Waals surface area contributed by atoms with Crippen LogP contribution in [0.3, 0.4) is 0 Å². The number of aliphatic hydroxyl groups excluding tert-OH is 1. The Morgan fingerprint density at radius 1 is 1.59 bits per heavy atom. The Balaban J connectivity index is 1.83. The number of nitrogens with one attached hydrogen (secondary N) is 1. The summed E-state index contributed by atoms with van der Waals surface area (Å²) >= 11 is 0. The van der Waals surface area contributed by atoms with Gasteiger partial charge in [-0.1, -0.05) is 18.0 Å². The van der Waals surface area contributed by atoms with Crippen LogP contribution in [0.25, 0.3) is 0 Å². The van der Waals surface area contributed by atoms with Crippen molar-refractivity contribution in [3.05, 3.63) is 17.5 Å². The van der Waals surface area contributed by atoms with Crippen molar-refractivity contribution in [1.82, 2.24) is 10.5 Å². The summed E-state index contributed by atoms with van der Waals surface area (Å²) in [7, 11) is 0. The first kappa shape index (κ1) is 12.1. The molecule has 1 fully saturated rings. The Labute approximate surface area is 100 Å².